The van der Waals surface area contributed by atoms with Gasteiger partial charge in [0.25, 0.3) is 11.9 Å². The molecule has 0 atom stereocenters. The third-order valence-corrected chi connectivity index (χ3v) is 5.55. The first-order valence-electron chi connectivity index (χ1n) is 8.58. The summed E-state index contributed by atoms with van der Waals surface area (Å²) in [5.74, 6) is 0.0445. The number of amides is 1. The Morgan fingerprint density at radius 2 is 1.79 bits per heavy atom. The maximum Gasteiger partial charge on any atom is 0.258 e. The zero-order valence-corrected chi connectivity index (χ0v) is 16.0. The van der Waals surface area contributed by atoms with Crippen LogP contribution < -0.4 is 5.32 Å². The molecule has 3 aromatic carbocycles. The molecule has 0 bridgehead atoms. The monoisotopic (exact) mass is 404 g/mol. The van der Waals surface area contributed by atoms with E-state index in [0.717, 1.165) is 22.0 Å². The van der Waals surface area contributed by atoms with Crippen molar-refractivity contribution in [2.24, 2.45) is 0 Å². The van der Waals surface area contributed by atoms with Crippen molar-refractivity contribution < 1.29 is 4.79 Å². The number of hydrogen-bond donors (Lipinski definition) is 1. The van der Waals surface area contributed by atoms with E-state index in [1.807, 2.05) is 66.0 Å². The molecule has 0 aliphatic rings. The van der Waals surface area contributed by atoms with E-state index in [1.54, 1.807) is 10.6 Å². The van der Waals surface area contributed by atoms with Gasteiger partial charge in [-0.3, -0.25) is 10.1 Å². The van der Waals surface area contributed by atoms with Crippen LogP contribution >= 0.6 is 22.9 Å². The Bertz CT molecular complexity index is 1320. The molecular formula is C21H13ClN4OS. The van der Waals surface area contributed by atoms with Gasteiger partial charge in [0.2, 0.25) is 4.96 Å². The topological polar surface area (TPSA) is 59.3 Å². The number of carbonyl (C=O) groups is 1. The number of fused-ring (bicyclic) bond motifs is 2. The van der Waals surface area contributed by atoms with Crippen LogP contribution in [0.3, 0.4) is 0 Å². The van der Waals surface area contributed by atoms with Crippen LogP contribution in [0.2, 0.25) is 5.02 Å². The van der Waals surface area contributed by atoms with Gasteiger partial charge in [0.15, 0.2) is 0 Å². The van der Waals surface area contributed by atoms with Crippen molar-refractivity contribution in [2.45, 2.75) is 0 Å². The fraction of sp³-hybridized carbons (Fsp3) is 0. The molecule has 5 nitrogen and oxygen atoms in total. The Labute approximate surface area is 169 Å². The summed E-state index contributed by atoms with van der Waals surface area (Å²) in [5.41, 5.74) is 2.47. The summed E-state index contributed by atoms with van der Waals surface area (Å²) in [6.07, 6.45) is 0. The van der Waals surface area contributed by atoms with Gasteiger partial charge >= 0.3 is 0 Å². The van der Waals surface area contributed by atoms with E-state index in [1.165, 1.54) is 11.3 Å². The van der Waals surface area contributed by atoms with E-state index < -0.39 is 0 Å². The molecule has 0 fully saturated rings. The molecule has 136 valence electrons. The Morgan fingerprint density at radius 3 is 2.64 bits per heavy atom. The van der Waals surface area contributed by atoms with Crippen molar-refractivity contribution in [3.05, 3.63) is 82.7 Å². The molecule has 2 heterocycles. The van der Waals surface area contributed by atoms with Crippen LogP contribution in [-0.2, 0) is 0 Å². The minimum absolute atomic E-state index is 0.233. The molecule has 7 heteroatoms. The van der Waals surface area contributed by atoms with Gasteiger partial charge in [-0.25, -0.2) is 4.52 Å². The largest absolute Gasteiger partial charge is 0.289 e. The highest BCUT2D eigenvalue weighted by atomic mass is 35.5. The summed E-state index contributed by atoms with van der Waals surface area (Å²) in [7, 11) is 0. The van der Waals surface area contributed by atoms with Gasteiger partial charge in [0.1, 0.15) is 0 Å². The lowest BCUT2D eigenvalue weighted by Gasteiger charge is -2.05. The van der Waals surface area contributed by atoms with Gasteiger partial charge in [-0.15, -0.1) is 16.4 Å². The summed E-state index contributed by atoms with van der Waals surface area (Å²) in [6.45, 7) is 0. The number of benzene rings is 3. The zero-order chi connectivity index (χ0) is 19.1. The molecule has 1 N–H and O–H groups in total. The maximum atomic E-state index is 12.8. The highest BCUT2D eigenvalue weighted by molar-refractivity contribution is 7.15. The van der Waals surface area contributed by atoms with Crippen molar-refractivity contribution >= 4 is 50.5 Å². The number of nitrogens with one attached hydrogen (secondary N) is 1. The first kappa shape index (κ1) is 16.9. The minimum atomic E-state index is -0.233. The molecule has 0 saturated carbocycles. The molecule has 1 amide bonds. The van der Waals surface area contributed by atoms with E-state index in [-0.39, 0.29) is 11.9 Å². The lowest BCUT2D eigenvalue weighted by molar-refractivity contribution is 0.102. The smallest absolute Gasteiger partial charge is 0.258 e. The number of carbonyl (C=O) groups excluding carboxylic acids is 1. The molecular weight excluding hydrogens is 392 g/mol. The molecule has 0 aliphatic carbocycles. The average molecular weight is 405 g/mol. The molecule has 28 heavy (non-hydrogen) atoms. The second-order valence-corrected chi connectivity index (χ2v) is 7.51. The number of hydrogen-bond acceptors (Lipinski definition) is 4. The number of thiazole rings is 1. The number of anilines is 1. The second kappa shape index (κ2) is 6.74. The number of rotatable bonds is 3. The molecule has 0 spiro atoms. The van der Waals surface area contributed by atoms with Gasteiger partial charge in [0.05, 0.1) is 5.69 Å². The average Bonchev–Trinajstić information content (AvgIpc) is 3.28. The summed E-state index contributed by atoms with van der Waals surface area (Å²) >= 11 is 7.44. The highest BCUT2D eigenvalue weighted by Gasteiger charge is 2.15. The van der Waals surface area contributed by atoms with Crippen LogP contribution in [0.5, 0.6) is 0 Å². The minimum Gasteiger partial charge on any atom is -0.289 e. The molecule has 5 rings (SSSR count). The van der Waals surface area contributed by atoms with E-state index in [2.05, 4.69) is 15.4 Å². The van der Waals surface area contributed by atoms with Crippen LogP contribution in [0.4, 0.5) is 5.95 Å². The highest BCUT2D eigenvalue weighted by Crippen LogP contribution is 2.27. The van der Waals surface area contributed by atoms with Gasteiger partial charge in [-0.05, 0) is 29.0 Å². The molecule has 0 unspecified atom stereocenters. The lowest BCUT2D eigenvalue weighted by Crippen LogP contribution is -2.13. The van der Waals surface area contributed by atoms with Crippen LogP contribution in [0.1, 0.15) is 10.4 Å². The SMILES string of the molecule is O=C(Nc1nc2scc(-c3ccc(Cl)cc3)n2n1)c1cccc2ccccc12. The van der Waals surface area contributed by atoms with Gasteiger partial charge < -0.3 is 0 Å². The Morgan fingerprint density at radius 1 is 1.00 bits per heavy atom. The van der Waals surface area contributed by atoms with Gasteiger partial charge in [0, 0.05) is 21.5 Å². The number of halogens is 1. The van der Waals surface area contributed by atoms with Gasteiger partial charge in [-0.1, -0.05) is 60.1 Å². The summed E-state index contributed by atoms with van der Waals surface area (Å²) < 4.78 is 1.73. The molecule has 2 aromatic heterocycles. The molecule has 0 radical (unpaired) electrons. The Hall–Kier alpha value is -3.22. The lowest BCUT2D eigenvalue weighted by atomic mass is 10.0. The van der Waals surface area contributed by atoms with E-state index >= 15 is 0 Å². The first-order valence-corrected chi connectivity index (χ1v) is 9.84. The van der Waals surface area contributed by atoms with E-state index in [4.69, 9.17) is 11.6 Å². The number of nitrogens with zero attached hydrogens (tertiary/aromatic N) is 3. The predicted molar refractivity (Wildman–Crippen MR) is 113 cm³/mol. The quantitative estimate of drug-likeness (QED) is 0.431. The standard InChI is InChI=1S/C21H13ClN4OS/c22-15-10-8-14(9-11-15)18-12-28-21-24-20(25-26(18)21)23-19(27)17-7-3-5-13-4-1-2-6-16(13)17/h1-12H,(H,23,25,27). The van der Waals surface area contributed by atoms with Crippen molar-refractivity contribution in [1.29, 1.82) is 0 Å². The van der Waals surface area contributed by atoms with Crippen LogP contribution in [-0.4, -0.2) is 20.5 Å². The van der Waals surface area contributed by atoms with E-state index in [9.17, 15) is 4.79 Å². The van der Waals surface area contributed by atoms with Crippen molar-refractivity contribution in [3.63, 3.8) is 0 Å². The number of aromatic nitrogens is 3. The van der Waals surface area contributed by atoms with Gasteiger partial charge in [-0.2, -0.15) is 4.98 Å². The molecule has 5 aromatic rings. The maximum absolute atomic E-state index is 12.8. The third kappa shape index (κ3) is 2.93. The fourth-order valence-corrected chi connectivity index (χ4v) is 4.10. The van der Waals surface area contributed by atoms with Crippen molar-refractivity contribution in [3.8, 4) is 11.3 Å². The van der Waals surface area contributed by atoms with Crippen LogP contribution in [0, 0.1) is 0 Å². The van der Waals surface area contributed by atoms with Crippen molar-refractivity contribution in [1.82, 2.24) is 14.6 Å². The summed E-state index contributed by atoms with van der Waals surface area (Å²) in [6, 6.07) is 21.0. The zero-order valence-electron chi connectivity index (χ0n) is 14.5. The Kier molecular flexibility index (Phi) is 4.07. The van der Waals surface area contributed by atoms with Crippen molar-refractivity contribution in [2.75, 3.05) is 5.32 Å². The second-order valence-electron chi connectivity index (χ2n) is 6.24. The summed E-state index contributed by atoms with van der Waals surface area (Å²) in [4.78, 5) is 17.9. The van der Waals surface area contributed by atoms with E-state index in [0.29, 0.717) is 15.5 Å². The third-order valence-electron chi connectivity index (χ3n) is 4.48. The first-order chi connectivity index (χ1) is 13.7. The van der Waals surface area contributed by atoms with Crippen LogP contribution in [0.25, 0.3) is 27.0 Å². The summed E-state index contributed by atoms with van der Waals surface area (Å²) in [5, 5.41) is 11.9. The molecule has 0 aliphatic heterocycles. The predicted octanol–water partition coefficient (Wildman–Crippen LogP) is 5.52. The Balaban J connectivity index is 1.48. The normalized spacial score (nSPS) is 11.2. The fourth-order valence-electron chi connectivity index (χ4n) is 3.15. The van der Waals surface area contributed by atoms with Crippen LogP contribution in [0.15, 0.2) is 72.1 Å². The molecule has 0 saturated heterocycles.